The van der Waals surface area contributed by atoms with Crippen LogP contribution in [0.15, 0.2) is 53.1 Å². The highest BCUT2D eigenvalue weighted by atomic mass is 32.2. The van der Waals surface area contributed by atoms with Crippen LogP contribution in [0.4, 0.5) is 0 Å². The molecule has 0 fully saturated rings. The molecule has 1 atom stereocenters. The predicted molar refractivity (Wildman–Crippen MR) is 127 cm³/mol. The molecule has 0 aliphatic carbocycles. The second-order valence-electron chi connectivity index (χ2n) is 8.25. The summed E-state index contributed by atoms with van der Waals surface area (Å²) in [7, 11) is -1.23. The average molecular weight is 488 g/mol. The van der Waals surface area contributed by atoms with E-state index < -0.39 is 22.2 Å². The number of hydrogen-bond acceptors (Lipinski definition) is 6. The fourth-order valence-electron chi connectivity index (χ4n) is 3.29. The number of hydrogen-bond donors (Lipinski definition) is 1. The van der Waals surface area contributed by atoms with E-state index in [1.807, 2.05) is 32.0 Å². The second kappa shape index (κ2) is 10.4. The molecule has 1 heterocycles. The number of carbonyl (C=O) groups is 1. The molecule has 0 spiro atoms. The van der Waals surface area contributed by atoms with Gasteiger partial charge in [-0.2, -0.15) is 17.0 Å². The third-order valence-electron chi connectivity index (χ3n) is 5.35. The summed E-state index contributed by atoms with van der Waals surface area (Å²) < 4.78 is 38.8. The van der Waals surface area contributed by atoms with E-state index in [-0.39, 0.29) is 13.2 Å². The molecular formula is C24H29N3O6S. The molecule has 0 saturated heterocycles. The summed E-state index contributed by atoms with van der Waals surface area (Å²) in [6, 6.07) is 11.7. The first-order valence-corrected chi connectivity index (χ1v) is 12.0. The highest BCUT2D eigenvalue weighted by Crippen LogP contribution is 2.25. The quantitative estimate of drug-likeness (QED) is 0.465. The van der Waals surface area contributed by atoms with Crippen LogP contribution in [0.25, 0.3) is 11.5 Å². The van der Waals surface area contributed by atoms with Crippen molar-refractivity contribution in [1.82, 2.24) is 13.6 Å². The summed E-state index contributed by atoms with van der Waals surface area (Å²) in [5, 5.41) is 9.39. The van der Waals surface area contributed by atoms with E-state index in [1.165, 1.54) is 21.0 Å². The van der Waals surface area contributed by atoms with Gasteiger partial charge < -0.3 is 14.3 Å². The molecule has 1 N–H and O–H groups in total. The number of benzene rings is 2. The van der Waals surface area contributed by atoms with Gasteiger partial charge in [-0.05, 0) is 50.1 Å². The maximum atomic E-state index is 12.7. The average Bonchev–Trinajstić information content (AvgIpc) is 3.26. The number of carboxylic acid groups (broad SMARTS) is 1. The number of aromatic nitrogens is 1. The van der Waals surface area contributed by atoms with Crippen LogP contribution in [0.3, 0.4) is 0 Å². The van der Waals surface area contributed by atoms with Gasteiger partial charge in [0.15, 0.2) is 0 Å². The monoisotopic (exact) mass is 487 g/mol. The Balaban J connectivity index is 1.74. The number of aliphatic carboxylic acids is 1. The van der Waals surface area contributed by atoms with Gasteiger partial charge in [0.2, 0.25) is 5.89 Å². The lowest BCUT2D eigenvalue weighted by molar-refractivity contribution is -0.141. The number of nitrogens with zero attached hydrogens (tertiary/aromatic N) is 3. The van der Waals surface area contributed by atoms with E-state index in [1.54, 1.807) is 30.5 Å². The van der Waals surface area contributed by atoms with Gasteiger partial charge in [0, 0.05) is 26.2 Å². The van der Waals surface area contributed by atoms with Gasteiger partial charge >= 0.3 is 5.97 Å². The summed E-state index contributed by atoms with van der Waals surface area (Å²) in [5.74, 6) is -0.219. The van der Waals surface area contributed by atoms with Crippen molar-refractivity contribution in [1.29, 1.82) is 0 Å². The molecule has 0 aliphatic rings. The second-order valence-corrected chi connectivity index (χ2v) is 10.3. The van der Waals surface area contributed by atoms with Crippen LogP contribution in [-0.2, 0) is 28.2 Å². The summed E-state index contributed by atoms with van der Waals surface area (Å²) in [6.45, 7) is 5.37. The molecule has 182 valence electrons. The molecule has 2 aromatic carbocycles. The number of rotatable bonds is 10. The molecule has 34 heavy (non-hydrogen) atoms. The summed E-state index contributed by atoms with van der Waals surface area (Å²) in [6.07, 6.45) is 1.54. The van der Waals surface area contributed by atoms with Crippen molar-refractivity contribution in [2.75, 3.05) is 14.1 Å². The van der Waals surface area contributed by atoms with Crippen LogP contribution in [0.2, 0.25) is 0 Å². The van der Waals surface area contributed by atoms with Crippen LogP contribution in [0, 0.1) is 13.8 Å². The first-order valence-electron chi connectivity index (χ1n) is 10.6. The molecule has 0 saturated carbocycles. The van der Waals surface area contributed by atoms with E-state index in [4.69, 9.17) is 9.15 Å². The zero-order valence-electron chi connectivity index (χ0n) is 19.8. The Bertz CT molecular complexity index is 1270. The Kier molecular flexibility index (Phi) is 7.75. The van der Waals surface area contributed by atoms with E-state index in [9.17, 15) is 18.3 Å². The third kappa shape index (κ3) is 5.82. The SMILES string of the molecule is Cc1ccc(C)c(-c2nc(COc3cccc(CN(C(C)C(=O)O)S(=O)(=O)N(C)C)c3)co2)c1. The Morgan fingerprint density at radius 2 is 1.91 bits per heavy atom. The summed E-state index contributed by atoms with van der Waals surface area (Å²) >= 11 is 0. The maximum absolute atomic E-state index is 12.7. The maximum Gasteiger partial charge on any atom is 0.321 e. The van der Waals surface area contributed by atoms with Crippen LogP contribution >= 0.6 is 0 Å². The largest absolute Gasteiger partial charge is 0.487 e. The van der Waals surface area contributed by atoms with Gasteiger partial charge in [-0.3, -0.25) is 4.79 Å². The number of ether oxygens (including phenoxy) is 1. The van der Waals surface area contributed by atoms with E-state index in [0.717, 1.165) is 25.3 Å². The van der Waals surface area contributed by atoms with Crippen molar-refractivity contribution in [3.8, 4) is 17.2 Å². The first-order chi connectivity index (χ1) is 16.0. The topological polar surface area (TPSA) is 113 Å². The lowest BCUT2D eigenvalue weighted by Gasteiger charge is -2.28. The van der Waals surface area contributed by atoms with Gasteiger partial charge in [-0.1, -0.05) is 29.8 Å². The van der Waals surface area contributed by atoms with Crippen LogP contribution in [-0.4, -0.2) is 53.2 Å². The molecule has 10 heteroatoms. The number of oxazole rings is 1. The molecule has 3 rings (SSSR count). The lowest BCUT2D eigenvalue weighted by atomic mass is 10.1. The van der Waals surface area contributed by atoms with Gasteiger partial charge in [-0.15, -0.1) is 0 Å². The molecule has 0 radical (unpaired) electrons. The highest BCUT2D eigenvalue weighted by Gasteiger charge is 2.33. The molecule has 3 aromatic rings. The summed E-state index contributed by atoms with van der Waals surface area (Å²) in [5.41, 5.74) is 4.28. The Morgan fingerprint density at radius 3 is 2.59 bits per heavy atom. The summed E-state index contributed by atoms with van der Waals surface area (Å²) in [4.78, 5) is 16.0. The first kappa shape index (κ1) is 25.4. The van der Waals surface area contributed by atoms with Crippen LogP contribution in [0.1, 0.15) is 29.3 Å². The minimum absolute atomic E-state index is 0.119. The fraction of sp³-hybridized carbons (Fsp3) is 0.333. The zero-order valence-corrected chi connectivity index (χ0v) is 20.7. The van der Waals surface area contributed by atoms with E-state index >= 15 is 0 Å². The van der Waals surface area contributed by atoms with Crippen molar-refractivity contribution in [2.45, 2.75) is 40.0 Å². The lowest BCUT2D eigenvalue weighted by Crippen LogP contribution is -2.47. The highest BCUT2D eigenvalue weighted by molar-refractivity contribution is 7.86. The minimum Gasteiger partial charge on any atom is -0.487 e. The van der Waals surface area contributed by atoms with E-state index in [0.29, 0.717) is 22.9 Å². The van der Waals surface area contributed by atoms with Crippen molar-refractivity contribution in [2.24, 2.45) is 0 Å². The molecular weight excluding hydrogens is 458 g/mol. The Morgan fingerprint density at radius 1 is 1.18 bits per heavy atom. The Labute approximate surface area is 199 Å². The van der Waals surface area contributed by atoms with Crippen molar-refractivity contribution in [3.05, 3.63) is 71.1 Å². The molecule has 0 bridgehead atoms. The van der Waals surface area contributed by atoms with Crippen molar-refractivity contribution >= 4 is 16.2 Å². The van der Waals surface area contributed by atoms with Gasteiger partial charge in [0.1, 0.15) is 30.4 Å². The van der Waals surface area contributed by atoms with Crippen molar-refractivity contribution < 1.29 is 27.5 Å². The van der Waals surface area contributed by atoms with Gasteiger partial charge in [0.05, 0.1) is 0 Å². The normalized spacial score (nSPS) is 12.8. The van der Waals surface area contributed by atoms with Gasteiger partial charge in [-0.25, -0.2) is 4.98 Å². The van der Waals surface area contributed by atoms with Crippen molar-refractivity contribution in [3.63, 3.8) is 0 Å². The zero-order chi connectivity index (χ0) is 25.0. The smallest absolute Gasteiger partial charge is 0.321 e. The molecule has 0 amide bonds. The van der Waals surface area contributed by atoms with E-state index in [2.05, 4.69) is 4.98 Å². The molecule has 0 aliphatic heterocycles. The molecule has 9 nitrogen and oxygen atoms in total. The molecule has 1 aromatic heterocycles. The number of aryl methyl sites for hydroxylation is 2. The number of carboxylic acids is 1. The minimum atomic E-state index is -3.96. The van der Waals surface area contributed by atoms with Gasteiger partial charge in [0.25, 0.3) is 10.2 Å². The van der Waals surface area contributed by atoms with Crippen LogP contribution in [0.5, 0.6) is 5.75 Å². The standard InChI is InChI=1S/C24H29N3O6S/c1-16-9-10-17(2)22(11-16)23-25-20(15-33-23)14-32-21-8-6-7-19(12-21)13-27(18(3)24(28)29)34(30,31)26(4)5/h6-12,15,18H,13-14H2,1-5H3,(H,28,29). The van der Waals surface area contributed by atoms with Crippen LogP contribution < -0.4 is 4.74 Å². The fourth-order valence-corrected chi connectivity index (χ4v) is 4.51. The molecule has 1 unspecified atom stereocenters. The predicted octanol–water partition coefficient (Wildman–Crippen LogP) is 3.62. The Hall–Kier alpha value is -3.21. The third-order valence-corrected chi connectivity index (χ3v) is 7.31.